The van der Waals surface area contributed by atoms with Crippen molar-refractivity contribution in [3.8, 4) is 17.0 Å². The van der Waals surface area contributed by atoms with Crippen molar-refractivity contribution in [2.24, 2.45) is 0 Å². The number of hydrogen-bond donors (Lipinski definition) is 1. The number of nitrogen functional groups attached to an aromatic ring is 1. The minimum absolute atomic E-state index is 0.630. The third-order valence-electron chi connectivity index (χ3n) is 2.56. The van der Waals surface area contributed by atoms with Crippen LogP contribution in [0.5, 0.6) is 5.75 Å². The van der Waals surface area contributed by atoms with Gasteiger partial charge >= 0.3 is 0 Å². The molecule has 2 rings (SSSR count). The molecule has 1 aromatic carbocycles. The molecule has 0 spiro atoms. The van der Waals surface area contributed by atoms with Crippen molar-refractivity contribution in [1.82, 2.24) is 9.78 Å². The van der Waals surface area contributed by atoms with Gasteiger partial charge in [-0.2, -0.15) is 5.10 Å². The number of nitrogens with zero attached hydrogens (tertiary/aromatic N) is 2. The first-order valence-electron chi connectivity index (χ1n) is 5.81. The molecule has 17 heavy (non-hydrogen) atoms. The van der Waals surface area contributed by atoms with Crippen molar-refractivity contribution < 1.29 is 4.74 Å². The predicted molar refractivity (Wildman–Crippen MR) is 68.9 cm³/mol. The Bertz CT molecular complexity index is 505. The summed E-state index contributed by atoms with van der Waals surface area (Å²) in [7, 11) is 0. The third-order valence-corrected chi connectivity index (χ3v) is 2.56. The lowest BCUT2D eigenvalue weighted by atomic mass is 10.1. The van der Waals surface area contributed by atoms with Crippen LogP contribution in [0.1, 0.15) is 13.8 Å². The van der Waals surface area contributed by atoms with Gasteiger partial charge < -0.3 is 10.5 Å². The molecule has 90 valence electrons. The van der Waals surface area contributed by atoms with Crippen molar-refractivity contribution in [3.63, 3.8) is 0 Å². The summed E-state index contributed by atoms with van der Waals surface area (Å²) in [4.78, 5) is 0. The summed E-state index contributed by atoms with van der Waals surface area (Å²) in [6.07, 6.45) is 1.85. The molecule has 0 bridgehead atoms. The molecule has 0 aliphatic heterocycles. The van der Waals surface area contributed by atoms with Crippen molar-refractivity contribution in [3.05, 3.63) is 30.5 Å². The van der Waals surface area contributed by atoms with Gasteiger partial charge in [0.25, 0.3) is 0 Å². The quantitative estimate of drug-likeness (QED) is 0.879. The molecular weight excluding hydrogens is 214 g/mol. The Kier molecular flexibility index (Phi) is 3.32. The monoisotopic (exact) mass is 231 g/mol. The summed E-state index contributed by atoms with van der Waals surface area (Å²) < 4.78 is 7.41. The zero-order valence-corrected chi connectivity index (χ0v) is 10.2. The maximum absolute atomic E-state index is 5.98. The Hall–Kier alpha value is -1.97. The van der Waals surface area contributed by atoms with Gasteiger partial charge in [-0.05, 0) is 26.0 Å². The lowest BCUT2D eigenvalue weighted by molar-refractivity contribution is 0.341. The van der Waals surface area contributed by atoms with E-state index in [1.807, 2.05) is 49.0 Å². The maximum atomic E-state index is 5.98. The standard InChI is InChI=1S/C13H17N3O/c1-3-16-9-11(14)13(15-16)10-7-5-6-8-12(10)17-4-2/h5-9H,3-4,14H2,1-2H3. The second kappa shape index (κ2) is 4.91. The van der Waals surface area contributed by atoms with Crippen LogP contribution in [0.3, 0.4) is 0 Å². The summed E-state index contributed by atoms with van der Waals surface area (Å²) >= 11 is 0. The maximum Gasteiger partial charge on any atom is 0.128 e. The minimum atomic E-state index is 0.630. The normalized spacial score (nSPS) is 10.5. The summed E-state index contributed by atoms with van der Waals surface area (Å²) in [6, 6.07) is 7.82. The number of anilines is 1. The van der Waals surface area contributed by atoms with Crippen molar-refractivity contribution in [2.45, 2.75) is 20.4 Å². The summed E-state index contributed by atoms with van der Waals surface area (Å²) in [5.74, 6) is 0.822. The van der Waals surface area contributed by atoms with Gasteiger partial charge in [0.2, 0.25) is 0 Å². The number of hydrogen-bond acceptors (Lipinski definition) is 3. The van der Waals surface area contributed by atoms with Gasteiger partial charge in [-0.15, -0.1) is 0 Å². The fourth-order valence-corrected chi connectivity index (χ4v) is 1.75. The highest BCUT2D eigenvalue weighted by molar-refractivity contribution is 5.76. The van der Waals surface area contributed by atoms with Crippen LogP contribution in [0.25, 0.3) is 11.3 Å². The molecule has 0 amide bonds. The number of ether oxygens (including phenoxy) is 1. The van der Waals surface area contributed by atoms with Crippen LogP contribution in [0, 0.1) is 0 Å². The van der Waals surface area contributed by atoms with Gasteiger partial charge in [0, 0.05) is 18.3 Å². The Morgan fingerprint density at radius 3 is 2.71 bits per heavy atom. The Labute approximate surface area is 101 Å². The molecule has 2 aromatic rings. The Morgan fingerprint density at radius 1 is 1.29 bits per heavy atom. The van der Waals surface area contributed by atoms with Gasteiger partial charge in [0.15, 0.2) is 0 Å². The second-order valence-corrected chi connectivity index (χ2v) is 3.72. The first-order valence-corrected chi connectivity index (χ1v) is 5.81. The van der Waals surface area contributed by atoms with Crippen molar-refractivity contribution in [2.75, 3.05) is 12.3 Å². The molecule has 4 nitrogen and oxygen atoms in total. The topological polar surface area (TPSA) is 53.1 Å². The fraction of sp³-hybridized carbons (Fsp3) is 0.308. The predicted octanol–water partition coefficient (Wildman–Crippen LogP) is 2.55. The smallest absolute Gasteiger partial charge is 0.128 e. The lowest BCUT2D eigenvalue weighted by Gasteiger charge is -2.08. The lowest BCUT2D eigenvalue weighted by Crippen LogP contribution is -1.97. The summed E-state index contributed by atoms with van der Waals surface area (Å²) in [5, 5.41) is 4.45. The minimum Gasteiger partial charge on any atom is -0.493 e. The first-order chi connectivity index (χ1) is 8.26. The number of nitrogens with two attached hydrogens (primary N) is 1. The molecule has 0 saturated carbocycles. The van der Waals surface area contributed by atoms with Crippen LogP contribution in [0.15, 0.2) is 30.5 Å². The van der Waals surface area contributed by atoms with Crippen LogP contribution >= 0.6 is 0 Å². The van der Waals surface area contributed by atoms with Crippen LogP contribution < -0.4 is 10.5 Å². The molecule has 0 fully saturated rings. The van der Waals surface area contributed by atoms with Gasteiger partial charge in [0.1, 0.15) is 11.4 Å². The van der Waals surface area contributed by atoms with E-state index in [0.29, 0.717) is 12.3 Å². The molecule has 0 atom stereocenters. The number of para-hydroxylation sites is 1. The third kappa shape index (κ3) is 2.25. The van der Waals surface area contributed by atoms with E-state index in [4.69, 9.17) is 10.5 Å². The van der Waals surface area contributed by atoms with Gasteiger partial charge in [-0.1, -0.05) is 12.1 Å². The highest BCUT2D eigenvalue weighted by Crippen LogP contribution is 2.32. The summed E-state index contributed by atoms with van der Waals surface area (Å²) in [6.45, 7) is 5.43. The molecular formula is C13H17N3O. The van der Waals surface area contributed by atoms with Crippen molar-refractivity contribution >= 4 is 5.69 Å². The van der Waals surface area contributed by atoms with E-state index in [-0.39, 0.29) is 0 Å². The molecule has 0 aliphatic rings. The van der Waals surface area contributed by atoms with E-state index in [1.165, 1.54) is 0 Å². The largest absolute Gasteiger partial charge is 0.493 e. The van der Waals surface area contributed by atoms with Crippen LogP contribution in [-0.2, 0) is 6.54 Å². The number of aromatic nitrogens is 2. The van der Waals surface area contributed by atoms with Gasteiger partial charge in [-0.25, -0.2) is 0 Å². The number of rotatable bonds is 4. The molecule has 0 aliphatic carbocycles. The molecule has 1 aromatic heterocycles. The van der Waals surface area contributed by atoms with E-state index >= 15 is 0 Å². The highest BCUT2D eigenvalue weighted by atomic mass is 16.5. The second-order valence-electron chi connectivity index (χ2n) is 3.72. The van der Waals surface area contributed by atoms with E-state index < -0.39 is 0 Å². The zero-order valence-electron chi connectivity index (χ0n) is 10.2. The Balaban J connectivity index is 2.47. The average Bonchev–Trinajstić information content (AvgIpc) is 2.72. The van der Waals surface area contributed by atoms with E-state index in [1.54, 1.807) is 0 Å². The van der Waals surface area contributed by atoms with Crippen LogP contribution in [-0.4, -0.2) is 16.4 Å². The van der Waals surface area contributed by atoms with E-state index in [2.05, 4.69) is 5.10 Å². The van der Waals surface area contributed by atoms with Crippen molar-refractivity contribution in [1.29, 1.82) is 0 Å². The van der Waals surface area contributed by atoms with E-state index in [0.717, 1.165) is 23.6 Å². The molecule has 0 radical (unpaired) electrons. The van der Waals surface area contributed by atoms with E-state index in [9.17, 15) is 0 Å². The van der Waals surface area contributed by atoms with Crippen LogP contribution in [0.4, 0.5) is 5.69 Å². The molecule has 4 heteroatoms. The number of benzene rings is 1. The SMILES string of the molecule is CCOc1ccccc1-c1nn(CC)cc1N. The molecule has 0 unspecified atom stereocenters. The van der Waals surface area contributed by atoms with Crippen LogP contribution in [0.2, 0.25) is 0 Å². The van der Waals surface area contributed by atoms with Gasteiger partial charge in [0.05, 0.1) is 12.3 Å². The first kappa shape index (κ1) is 11.5. The summed E-state index contributed by atoms with van der Waals surface area (Å²) in [5.41, 5.74) is 8.39. The molecule has 0 saturated heterocycles. The highest BCUT2D eigenvalue weighted by Gasteiger charge is 2.12. The fourth-order valence-electron chi connectivity index (χ4n) is 1.75. The zero-order chi connectivity index (χ0) is 12.3. The van der Waals surface area contributed by atoms with Gasteiger partial charge in [-0.3, -0.25) is 4.68 Å². The average molecular weight is 231 g/mol. The Morgan fingerprint density at radius 2 is 2.06 bits per heavy atom. The number of aryl methyl sites for hydroxylation is 1. The molecule has 2 N–H and O–H groups in total. The molecule has 1 heterocycles.